The molecular formula is C12H15BrFN7O3S. The third-order valence-corrected chi connectivity index (χ3v) is 3.89. The third-order valence-electron chi connectivity index (χ3n) is 2.68. The van der Waals surface area contributed by atoms with Gasteiger partial charge >= 0.3 is 0 Å². The average molecular weight is 436 g/mol. The van der Waals surface area contributed by atoms with Crippen LogP contribution in [0, 0.1) is 5.82 Å². The summed E-state index contributed by atoms with van der Waals surface area (Å²) in [5.74, 6) is -0.144. The first-order valence-corrected chi connectivity index (χ1v) is 8.44. The van der Waals surface area contributed by atoms with E-state index in [1.165, 1.54) is 37.4 Å². The van der Waals surface area contributed by atoms with E-state index in [1.807, 2.05) is 5.48 Å². The minimum absolute atomic E-state index is 0.00866. The number of hydroxylamine groups is 1. The number of halogens is 2. The summed E-state index contributed by atoms with van der Waals surface area (Å²) in [7, 11) is 1.50. The Morgan fingerprint density at radius 2 is 2.28 bits per heavy atom. The van der Waals surface area contributed by atoms with Crippen molar-refractivity contribution in [1.29, 1.82) is 0 Å². The molecule has 0 aliphatic rings. The van der Waals surface area contributed by atoms with Gasteiger partial charge in [-0.2, -0.15) is 0 Å². The highest BCUT2D eigenvalue weighted by Crippen LogP contribution is 2.23. The molecule has 0 spiro atoms. The standard InChI is InChI=1S/C12H15BrFN7O3S/c1-23-21-25-16-5-4-15-11-10(19-24-20-11)12(18-22)17-7-2-3-9(14)8(13)6-7/h2-3,6,16,21-22H,4-5H2,1H3,(H,15,20)(H,17,18). The Morgan fingerprint density at radius 3 is 3.00 bits per heavy atom. The third kappa shape index (κ3) is 5.91. The minimum atomic E-state index is -0.420. The lowest BCUT2D eigenvalue weighted by Crippen LogP contribution is -2.24. The molecule has 2 aromatic rings. The van der Waals surface area contributed by atoms with Crippen molar-refractivity contribution in [3.8, 4) is 0 Å². The zero-order chi connectivity index (χ0) is 18.1. The molecule has 136 valence electrons. The Labute approximate surface area is 154 Å². The number of rotatable bonds is 9. The molecule has 0 amide bonds. The van der Waals surface area contributed by atoms with Crippen LogP contribution in [0.2, 0.25) is 0 Å². The van der Waals surface area contributed by atoms with Gasteiger partial charge in [0.2, 0.25) is 5.82 Å². The van der Waals surface area contributed by atoms with Gasteiger partial charge in [0.25, 0.3) is 0 Å². The van der Waals surface area contributed by atoms with Crippen molar-refractivity contribution in [1.82, 2.24) is 25.4 Å². The molecule has 0 bridgehead atoms. The second kappa shape index (κ2) is 10.3. The lowest BCUT2D eigenvalue weighted by atomic mass is 10.3. The molecule has 2 rings (SSSR count). The molecule has 0 aliphatic carbocycles. The maximum absolute atomic E-state index is 13.3. The highest BCUT2D eigenvalue weighted by Gasteiger charge is 2.16. The van der Waals surface area contributed by atoms with E-state index in [4.69, 9.17) is 0 Å². The predicted octanol–water partition coefficient (Wildman–Crippen LogP) is 1.74. The Balaban J connectivity index is 2.04. The van der Waals surface area contributed by atoms with E-state index < -0.39 is 5.82 Å². The summed E-state index contributed by atoms with van der Waals surface area (Å²) in [6.45, 7) is 1.05. The largest absolute Gasteiger partial charge is 0.364 e. The van der Waals surface area contributed by atoms with Gasteiger partial charge in [0.1, 0.15) is 5.82 Å². The van der Waals surface area contributed by atoms with Gasteiger partial charge < -0.3 is 5.32 Å². The SMILES string of the molecule is CONSNCCNc1nonc1C(=Nc1ccc(F)c(Br)c1)NO. The maximum Gasteiger partial charge on any atom is 0.202 e. The van der Waals surface area contributed by atoms with Gasteiger partial charge in [-0.1, -0.05) is 0 Å². The van der Waals surface area contributed by atoms with Crippen LogP contribution in [0.5, 0.6) is 0 Å². The first kappa shape index (κ1) is 19.6. The normalized spacial score (nSPS) is 11.6. The summed E-state index contributed by atoms with van der Waals surface area (Å²) in [6.07, 6.45) is 0. The van der Waals surface area contributed by atoms with Gasteiger partial charge in [0, 0.05) is 25.2 Å². The monoisotopic (exact) mass is 435 g/mol. The highest BCUT2D eigenvalue weighted by atomic mass is 79.9. The van der Waals surface area contributed by atoms with Crippen LogP contribution >= 0.6 is 28.1 Å². The molecule has 5 N–H and O–H groups in total. The van der Waals surface area contributed by atoms with E-state index in [0.29, 0.717) is 18.8 Å². The second-order valence-corrected chi connectivity index (χ2v) is 5.86. The summed E-state index contributed by atoms with van der Waals surface area (Å²) in [5.41, 5.74) is 2.50. The fourth-order valence-electron chi connectivity index (χ4n) is 1.63. The molecule has 0 unspecified atom stereocenters. The molecule has 0 aliphatic heterocycles. The van der Waals surface area contributed by atoms with Crippen molar-refractivity contribution in [2.24, 2.45) is 4.99 Å². The van der Waals surface area contributed by atoms with Gasteiger partial charge in [-0.3, -0.25) is 15.5 Å². The average Bonchev–Trinajstić information content (AvgIpc) is 3.07. The smallest absolute Gasteiger partial charge is 0.202 e. The Kier molecular flexibility index (Phi) is 8.03. The molecule has 0 saturated heterocycles. The van der Waals surface area contributed by atoms with E-state index in [0.717, 1.165) is 0 Å². The van der Waals surface area contributed by atoms with E-state index in [2.05, 4.69) is 55.6 Å². The molecule has 25 heavy (non-hydrogen) atoms. The predicted molar refractivity (Wildman–Crippen MR) is 93.7 cm³/mol. The molecular weight excluding hydrogens is 421 g/mol. The van der Waals surface area contributed by atoms with Crippen molar-refractivity contribution in [2.45, 2.75) is 0 Å². The van der Waals surface area contributed by atoms with Crippen molar-refractivity contribution in [3.05, 3.63) is 34.2 Å². The molecule has 1 heterocycles. The summed E-state index contributed by atoms with van der Waals surface area (Å²) >= 11 is 4.25. The van der Waals surface area contributed by atoms with Gasteiger partial charge in [-0.05, 0) is 44.4 Å². The molecule has 13 heteroatoms. The number of aliphatic imine (C=N–C) groups is 1. The number of hydrogen-bond donors (Lipinski definition) is 5. The van der Waals surface area contributed by atoms with Crippen LogP contribution in [-0.4, -0.2) is 41.6 Å². The van der Waals surface area contributed by atoms with Crippen molar-refractivity contribution < 1.29 is 19.1 Å². The maximum atomic E-state index is 13.3. The summed E-state index contributed by atoms with van der Waals surface area (Å²) in [6, 6.07) is 4.15. The zero-order valence-electron chi connectivity index (χ0n) is 12.9. The minimum Gasteiger partial charge on any atom is -0.364 e. The first-order chi connectivity index (χ1) is 12.2. The van der Waals surface area contributed by atoms with Gasteiger partial charge in [0.05, 0.1) is 17.3 Å². The Hall–Kier alpha value is -1.77. The summed E-state index contributed by atoms with van der Waals surface area (Å²) < 4.78 is 21.2. The van der Waals surface area contributed by atoms with Gasteiger partial charge in [0.15, 0.2) is 11.5 Å². The number of amidine groups is 1. The van der Waals surface area contributed by atoms with E-state index in [9.17, 15) is 9.60 Å². The van der Waals surface area contributed by atoms with E-state index in [1.54, 1.807) is 0 Å². The van der Waals surface area contributed by atoms with E-state index in [-0.39, 0.29) is 21.8 Å². The number of hydrogen-bond acceptors (Lipinski definition) is 10. The van der Waals surface area contributed by atoms with Crippen LogP contribution in [0.3, 0.4) is 0 Å². The van der Waals surface area contributed by atoms with Crippen LogP contribution < -0.4 is 20.4 Å². The van der Waals surface area contributed by atoms with Gasteiger partial charge in [-0.25, -0.2) is 18.7 Å². The molecule has 0 atom stereocenters. The van der Waals surface area contributed by atoms with Gasteiger partial charge in [-0.15, -0.1) is 4.89 Å². The highest BCUT2D eigenvalue weighted by molar-refractivity contribution is 9.10. The molecule has 0 radical (unpaired) electrons. The van der Waals surface area contributed by atoms with E-state index >= 15 is 0 Å². The van der Waals surface area contributed by atoms with Crippen molar-refractivity contribution in [2.75, 3.05) is 25.5 Å². The van der Waals surface area contributed by atoms with Crippen LogP contribution in [0.1, 0.15) is 5.69 Å². The Morgan fingerprint density at radius 1 is 1.44 bits per heavy atom. The van der Waals surface area contributed by atoms with Crippen LogP contribution in [0.4, 0.5) is 15.9 Å². The lowest BCUT2D eigenvalue weighted by molar-refractivity contribution is 0.163. The molecule has 1 aromatic heterocycles. The molecule has 0 fully saturated rings. The summed E-state index contributed by atoms with van der Waals surface area (Å²) in [4.78, 5) is 11.4. The van der Waals surface area contributed by atoms with Crippen molar-refractivity contribution in [3.63, 3.8) is 0 Å². The topological polar surface area (TPSA) is 129 Å². The molecule has 0 saturated carbocycles. The second-order valence-electron chi connectivity index (χ2n) is 4.34. The fourth-order valence-corrected chi connectivity index (χ4v) is 2.34. The van der Waals surface area contributed by atoms with Crippen LogP contribution in [-0.2, 0) is 4.84 Å². The Bertz CT molecular complexity index is 718. The first-order valence-electron chi connectivity index (χ1n) is 6.83. The van der Waals surface area contributed by atoms with Crippen molar-refractivity contribution >= 4 is 45.4 Å². The summed E-state index contributed by atoms with van der Waals surface area (Å²) in [5, 5.41) is 19.7. The lowest BCUT2D eigenvalue weighted by Gasteiger charge is -2.06. The number of anilines is 1. The number of nitrogens with zero attached hydrogens (tertiary/aromatic N) is 3. The zero-order valence-corrected chi connectivity index (χ0v) is 15.3. The number of aromatic nitrogens is 2. The number of nitrogens with one attached hydrogen (secondary N) is 4. The quantitative estimate of drug-likeness (QED) is 0.130. The molecule has 10 nitrogen and oxygen atoms in total. The van der Waals surface area contributed by atoms with Crippen LogP contribution in [0.25, 0.3) is 0 Å². The fraction of sp³-hybridized carbons (Fsp3) is 0.250. The van der Waals surface area contributed by atoms with Crippen LogP contribution in [0.15, 0.2) is 32.3 Å². The molecule has 1 aromatic carbocycles. The number of benzene rings is 1.